The topological polar surface area (TPSA) is 69.6 Å². The first-order chi connectivity index (χ1) is 9.50. The number of carbonyl (C=O) groups is 2. The van der Waals surface area contributed by atoms with Crippen molar-refractivity contribution in [2.45, 2.75) is 39.2 Å². The minimum atomic E-state index is -0.930. The number of urea groups is 1. The molecule has 5 nitrogen and oxygen atoms in total. The molecular formula is C15H20N2O3. The van der Waals surface area contributed by atoms with Gasteiger partial charge in [0.05, 0.1) is 0 Å². The zero-order chi connectivity index (χ0) is 14.7. The number of carboxylic acids is 1. The molecule has 108 valence electrons. The average molecular weight is 276 g/mol. The van der Waals surface area contributed by atoms with E-state index in [-0.39, 0.29) is 6.03 Å². The maximum Gasteiger partial charge on any atom is 0.326 e. The van der Waals surface area contributed by atoms with Gasteiger partial charge in [-0.15, -0.1) is 0 Å². The van der Waals surface area contributed by atoms with Crippen molar-refractivity contribution >= 4 is 17.7 Å². The Morgan fingerprint density at radius 1 is 1.30 bits per heavy atom. The van der Waals surface area contributed by atoms with E-state index in [9.17, 15) is 14.7 Å². The highest BCUT2D eigenvalue weighted by Gasteiger charge is 2.32. The number of likely N-dealkylation sites (tertiary alicyclic amines) is 1. The minimum Gasteiger partial charge on any atom is -0.480 e. The van der Waals surface area contributed by atoms with Crippen LogP contribution in [0.2, 0.25) is 0 Å². The molecule has 1 aliphatic rings. The van der Waals surface area contributed by atoms with E-state index in [1.54, 1.807) is 0 Å². The predicted molar refractivity (Wildman–Crippen MR) is 76.9 cm³/mol. The second-order valence-corrected chi connectivity index (χ2v) is 5.22. The number of hydrogen-bond acceptors (Lipinski definition) is 2. The molecule has 5 heteroatoms. The standard InChI is InChI=1S/C15H20N2O3/c1-10-6-5-7-12(11(10)2)16-15(20)17-9-4-3-8-13(17)14(18)19/h5-7,13H,3-4,8-9H2,1-2H3,(H,16,20)(H,18,19). The van der Waals surface area contributed by atoms with Gasteiger partial charge in [-0.05, 0) is 50.3 Å². The molecule has 0 bridgehead atoms. The van der Waals surface area contributed by atoms with E-state index in [4.69, 9.17) is 0 Å². The Balaban J connectivity index is 2.14. The monoisotopic (exact) mass is 276 g/mol. The van der Waals surface area contributed by atoms with Crippen molar-refractivity contribution in [3.63, 3.8) is 0 Å². The number of nitrogens with zero attached hydrogens (tertiary/aromatic N) is 1. The Labute approximate surface area is 118 Å². The molecule has 0 aliphatic carbocycles. The first-order valence-corrected chi connectivity index (χ1v) is 6.87. The number of amides is 2. The highest BCUT2D eigenvalue weighted by Crippen LogP contribution is 2.21. The number of hydrogen-bond donors (Lipinski definition) is 2. The summed E-state index contributed by atoms with van der Waals surface area (Å²) < 4.78 is 0. The van der Waals surface area contributed by atoms with Crippen LogP contribution < -0.4 is 5.32 Å². The van der Waals surface area contributed by atoms with Crippen molar-refractivity contribution in [1.29, 1.82) is 0 Å². The molecule has 2 amide bonds. The lowest BCUT2D eigenvalue weighted by atomic mass is 10.0. The SMILES string of the molecule is Cc1cccc(NC(=O)N2CCCCC2C(=O)O)c1C. The van der Waals surface area contributed by atoms with Gasteiger partial charge >= 0.3 is 12.0 Å². The fourth-order valence-corrected chi connectivity index (χ4v) is 2.50. The van der Waals surface area contributed by atoms with E-state index < -0.39 is 12.0 Å². The Kier molecular flexibility index (Phi) is 4.27. The number of carboxylic acid groups (broad SMARTS) is 1. The number of benzene rings is 1. The second kappa shape index (κ2) is 5.94. The molecule has 1 heterocycles. The summed E-state index contributed by atoms with van der Waals surface area (Å²) in [6, 6.07) is 4.65. The van der Waals surface area contributed by atoms with Gasteiger partial charge in [0, 0.05) is 12.2 Å². The molecule has 0 radical (unpaired) electrons. The Morgan fingerprint density at radius 2 is 2.05 bits per heavy atom. The van der Waals surface area contributed by atoms with Crippen LogP contribution in [0.25, 0.3) is 0 Å². The van der Waals surface area contributed by atoms with Gasteiger partial charge in [-0.25, -0.2) is 9.59 Å². The third-order valence-corrected chi connectivity index (χ3v) is 3.89. The van der Waals surface area contributed by atoms with Gasteiger partial charge in [-0.1, -0.05) is 12.1 Å². The summed E-state index contributed by atoms with van der Waals surface area (Å²) in [6.45, 7) is 4.41. The number of rotatable bonds is 2. The highest BCUT2D eigenvalue weighted by molar-refractivity contribution is 5.93. The van der Waals surface area contributed by atoms with Gasteiger partial charge in [0.2, 0.25) is 0 Å². The molecule has 1 atom stereocenters. The molecule has 1 fully saturated rings. The maximum absolute atomic E-state index is 12.3. The first-order valence-electron chi connectivity index (χ1n) is 6.87. The van der Waals surface area contributed by atoms with Gasteiger partial charge in [0.15, 0.2) is 0 Å². The summed E-state index contributed by atoms with van der Waals surface area (Å²) in [5.41, 5.74) is 2.84. The molecule has 1 aromatic carbocycles. The molecule has 1 aliphatic heterocycles. The zero-order valence-corrected chi connectivity index (χ0v) is 11.8. The Morgan fingerprint density at radius 3 is 2.75 bits per heavy atom. The van der Waals surface area contributed by atoms with Crippen molar-refractivity contribution in [3.05, 3.63) is 29.3 Å². The van der Waals surface area contributed by atoms with E-state index in [0.29, 0.717) is 13.0 Å². The lowest BCUT2D eigenvalue weighted by Crippen LogP contribution is -2.49. The largest absolute Gasteiger partial charge is 0.480 e. The molecule has 1 unspecified atom stereocenters. The molecule has 1 saturated heterocycles. The van der Waals surface area contributed by atoms with E-state index >= 15 is 0 Å². The van der Waals surface area contributed by atoms with Crippen molar-refractivity contribution in [1.82, 2.24) is 4.90 Å². The van der Waals surface area contributed by atoms with Crippen LogP contribution in [0, 0.1) is 13.8 Å². The number of aliphatic carboxylic acids is 1. The lowest BCUT2D eigenvalue weighted by Gasteiger charge is -2.33. The summed E-state index contributed by atoms with van der Waals surface area (Å²) >= 11 is 0. The van der Waals surface area contributed by atoms with E-state index in [1.807, 2.05) is 32.0 Å². The molecule has 2 rings (SSSR count). The summed E-state index contributed by atoms with van der Waals surface area (Å²) in [7, 11) is 0. The number of carbonyl (C=O) groups excluding carboxylic acids is 1. The normalized spacial score (nSPS) is 18.7. The molecule has 20 heavy (non-hydrogen) atoms. The Hall–Kier alpha value is -2.04. The summed E-state index contributed by atoms with van der Waals surface area (Å²) in [6.07, 6.45) is 2.23. The van der Waals surface area contributed by atoms with Crippen LogP contribution in [0.3, 0.4) is 0 Å². The van der Waals surface area contributed by atoms with E-state index in [1.165, 1.54) is 4.90 Å². The number of piperidine rings is 1. The predicted octanol–water partition coefficient (Wildman–Crippen LogP) is 2.77. The quantitative estimate of drug-likeness (QED) is 0.872. The molecule has 0 spiro atoms. The number of anilines is 1. The zero-order valence-electron chi connectivity index (χ0n) is 11.8. The minimum absolute atomic E-state index is 0.328. The van der Waals surface area contributed by atoms with Crippen LogP contribution in [-0.2, 0) is 4.79 Å². The van der Waals surface area contributed by atoms with E-state index in [2.05, 4.69) is 5.32 Å². The van der Waals surface area contributed by atoms with Crippen LogP contribution in [-0.4, -0.2) is 34.6 Å². The molecule has 0 saturated carbocycles. The Bertz CT molecular complexity index is 528. The highest BCUT2D eigenvalue weighted by atomic mass is 16.4. The van der Waals surface area contributed by atoms with Crippen LogP contribution in [0.5, 0.6) is 0 Å². The van der Waals surface area contributed by atoms with Gasteiger partial charge in [-0.2, -0.15) is 0 Å². The molecular weight excluding hydrogens is 256 g/mol. The third kappa shape index (κ3) is 2.92. The van der Waals surface area contributed by atoms with Gasteiger partial charge in [0.1, 0.15) is 6.04 Å². The number of nitrogens with one attached hydrogen (secondary N) is 1. The maximum atomic E-state index is 12.3. The van der Waals surface area contributed by atoms with Gasteiger partial charge < -0.3 is 15.3 Å². The fourth-order valence-electron chi connectivity index (χ4n) is 2.50. The van der Waals surface area contributed by atoms with Crippen LogP contribution in [0.15, 0.2) is 18.2 Å². The number of aryl methyl sites for hydroxylation is 1. The first kappa shape index (κ1) is 14.4. The fraction of sp³-hybridized carbons (Fsp3) is 0.467. The smallest absolute Gasteiger partial charge is 0.326 e. The van der Waals surface area contributed by atoms with Crippen LogP contribution in [0.1, 0.15) is 30.4 Å². The second-order valence-electron chi connectivity index (χ2n) is 5.22. The van der Waals surface area contributed by atoms with Crippen molar-refractivity contribution in [3.8, 4) is 0 Å². The molecule has 2 N–H and O–H groups in total. The van der Waals surface area contributed by atoms with E-state index in [0.717, 1.165) is 29.7 Å². The van der Waals surface area contributed by atoms with Crippen molar-refractivity contribution in [2.24, 2.45) is 0 Å². The van der Waals surface area contributed by atoms with Crippen LogP contribution >= 0.6 is 0 Å². The van der Waals surface area contributed by atoms with Crippen LogP contribution in [0.4, 0.5) is 10.5 Å². The molecule has 1 aromatic rings. The van der Waals surface area contributed by atoms with Crippen molar-refractivity contribution < 1.29 is 14.7 Å². The summed E-state index contributed by atoms with van der Waals surface area (Å²) in [5, 5.41) is 12.0. The van der Waals surface area contributed by atoms with Gasteiger partial charge in [0.25, 0.3) is 0 Å². The summed E-state index contributed by atoms with van der Waals surface area (Å²) in [5.74, 6) is -0.930. The van der Waals surface area contributed by atoms with Crippen molar-refractivity contribution in [2.75, 3.05) is 11.9 Å². The van der Waals surface area contributed by atoms with Gasteiger partial charge in [-0.3, -0.25) is 0 Å². The lowest BCUT2D eigenvalue weighted by molar-refractivity contribution is -0.143. The third-order valence-electron chi connectivity index (χ3n) is 3.89. The molecule has 0 aromatic heterocycles. The summed E-state index contributed by atoms with van der Waals surface area (Å²) in [4.78, 5) is 24.9. The average Bonchev–Trinajstić information content (AvgIpc) is 2.43.